The van der Waals surface area contributed by atoms with Gasteiger partial charge in [-0.3, -0.25) is 10.1 Å². The van der Waals surface area contributed by atoms with Crippen LogP contribution >= 0.6 is 0 Å². The molecule has 0 radical (unpaired) electrons. The molecule has 7 nitrogen and oxygen atoms in total. The SMILES string of the molecule is O=C(NCCC1CCCN1)Nc1ccc([N+](=O)[O-])cc1. The van der Waals surface area contributed by atoms with Crippen molar-refractivity contribution in [3.05, 3.63) is 34.4 Å². The first-order valence-electron chi connectivity index (χ1n) is 6.68. The molecule has 1 aliphatic rings. The summed E-state index contributed by atoms with van der Waals surface area (Å²) in [6.07, 6.45) is 3.26. The molecule has 0 bridgehead atoms. The predicted octanol–water partition coefficient (Wildman–Crippen LogP) is 1.86. The van der Waals surface area contributed by atoms with E-state index < -0.39 is 4.92 Å². The summed E-state index contributed by atoms with van der Waals surface area (Å²) >= 11 is 0. The van der Waals surface area contributed by atoms with E-state index >= 15 is 0 Å². The summed E-state index contributed by atoms with van der Waals surface area (Å²) in [7, 11) is 0. The van der Waals surface area contributed by atoms with E-state index in [4.69, 9.17) is 0 Å². The standard InChI is InChI=1S/C13H18N4O3/c18-13(15-9-7-10-2-1-8-14-10)16-11-3-5-12(6-4-11)17(19)20/h3-6,10,14H,1-2,7-9H2,(H2,15,16,18). The lowest BCUT2D eigenvalue weighted by atomic mass is 10.1. The third kappa shape index (κ3) is 4.20. The predicted molar refractivity (Wildman–Crippen MR) is 75.8 cm³/mol. The monoisotopic (exact) mass is 278 g/mol. The molecule has 0 aliphatic carbocycles. The Morgan fingerprint density at radius 2 is 2.15 bits per heavy atom. The third-order valence-electron chi connectivity index (χ3n) is 3.28. The first-order chi connectivity index (χ1) is 9.65. The summed E-state index contributed by atoms with van der Waals surface area (Å²) in [5.74, 6) is 0. The highest BCUT2D eigenvalue weighted by Gasteiger charge is 2.13. The lowest BCUT2D eigenvalue weighted by Gasteiger charge is -2.11. The van der Waals surface area contributed by atoms with Crippen LogP contribution in [0.5, 0.6) is 0 Å². The Morgan fingerprint density at radius 3 is 2.75 bits per heavy atom. The number of carbonyl (C=O) groups excluding carboxylic acids is 1. The van der Waals surface area contributed by atoms with E-state index in [2.05, 4.69) is 16.0 Å². The molecule has 1 aromatic rings. The number of amides is 2. The topological polar surface area (TPSA) is 96.3 Å². The number of nitrogens with one attached hydrogen (secondary N) is 3. The summed E-state index contributed by atoms with van der Waals surface area (Å²) in [6.45, 7) is 1.66. The van der Waals surface area contributed by atoms with Gasteiger partial charge in [-0.25, -0.2) is 4.79 Å². The van der Waals surface area contributed by atoms with E-state index in [1.165, 1.54) is 30.7 Å². The second kappa shape index (κ2) is 6.85. The maximum Gasteiger partial charge on any atom is 0.319 e. The number of nitro benzene ring substituents is 1. The summed E-state index contributed by atoms with van der Waals surface area (Å²) in [4.78, 5) is 21.7. The zero-order chi connectivity index (χ0) is 14.4. The van der Waals surface area contributed by atoms with Crippen LogP contribution in [0.25, 0.3) is 0 Å². The van der Waals surface area contributed by atoms with Crippen LogP contribution in [0.1, 0.15) is 19.3 Å². The minimum atomic E-state index is -0.474. The number of hydrogen-bond donors (Lipinski definition) is 3. The molecular weight excluding hydrogens is 260 g/mol. The van der Waals surface area contributed by atoms with E-state index in [0.29, 0.717) is 18.3 Å². The smallest absolute Gasteiger partial charge is 0.319 e. The van der Waals surface area contributed by atoms with Crippen molar-refractivity contribution < 1.29 is 9.72 Å². The van der Waals surface area contributed by atoms with Crippen molar-refractivity contribution in [1.82, 2.24) is 10.6 Å². The second-order valence-corrected chi connectivity index (χ2v) is 4.77. The molecule has 0 aromatic heterocycles. The van der Waals surface area contributed by atoms with Gasteiger partial charge < -0.3 is 16.0 Å². The highest BCUT2D eigenvalue weighted by atomic mass is 16.6. The largest absolute Gasteiger partial charge is 0.338 e. The van der Waals surface area contributed by atoms with Crippen molar-refractivity contribution in [3.63, 3.8) is 0 Å². The molecule has 1 atom stereocenters. The number of rotatable bonds is 5. The molecule has 1 unspecified atom stereocenters. The van der Waals surface area contributed by atoms with Gasteiger partial charge in [-0.05, 0) is 37.9 Å². The van der Waals surface area contributed by atoms with E-state index in [0.717, 1.165) is 19.4 Å². The van der Waals surface area contributed by atoms with Gasteiger partial charge in [0.15, 0.2) is 0 Å². The molecule has 3 N–H and O–H groups in total. The van der Waals surface area contributed by atoms with Gasteiger partial charge in [0.1, 0.15) is 0 Å². The maximum absolute atomic E-state index is 11.6. The van der Waals surface area contributed by atoms with E-state index in [9.17, 15) is 14.9 Å². The zero-order valence-electron chi connectivity index (χ0n) is 11.1. The van der Waals surface area contributed by atoms with Crippen LogP contribution in [0.3, 0.4) is 0 Å². The summed E-state index contributed by atoms with van der Waals surface area (Å²) in [6, 6.07) is 5.94. The van der Waals surface area contributed by atoms with Gasteiger partial charge in [0.25, 0.3) is 5.69 Å². The average molecular weight is 278 g/mol. The highest BCUT2D eigenvalue weighted by molar-refractivity contribution is 5.89. The molecular formula is C13H18N4O3. The van der Waals surface area contributed by atoms with Gasteiger partial charge in [0, 0.05) is 30.4 Å². The molecule has 1 aromatic carbocycles. The van der Waals surface area contributed by atoms with Crippen molar-refractivity contribution >= 4 is 17.4 Å². The fourth-order valence-electron chi connectivity index (χ4n) is 2.20. The van der Waals surface area contributed by atoms with Crippen molar-refractivity contribution in [2.75, 3.05) is 18.4 Å². The van der Waals surface area contributed by atoms with E-state index in [1.807, 2.05) is 0 Å². The zero-order valence-corrected chi connectivity index (χ0v) is 11.1. The van der Waals surface area contributed by atoms with Gasteiger partial charge in [0.05, 0.1) is 4.92 Å². The number of urea groups is 1. The molecule has 1 saturated heterocycles. The highest BCUT2D eigenvalue weighted by Crippen LogP contribution is 2.15. The van der Waals surface area contributed by atoms with Gasteiger partial charge in [-0.2, -0.15) is 0 Å². The van der Waals surface area contributed by atoms with Crippen LogP contribution < -0.4 is 16.0 Å². The minimum Gasteiger partial charge on any atom is -0.338 e. The van der Waals surface area contributed by atoms with Gasteiger partial charge in [-0.15, -0.1) is 0 Å². The number of nitrogens with zero attached hydrogens (tertiary/aromatic N) is 1. The molecule has 0 spiro atoms. The van der Waals surface area contributed by atoms with Crippen molar-refractivity contribution in [3.8, 4) is 0 Å². The van der Waals surface area contributed by atoms with Gasteiger partial charge >= 0.3 is 6.03 Å². The normalized spacial score (nSPS) is 17.7. The van der Waals surface area contributed by atoms with Crippen LogP contribution in [-0.2, 0) is 0 Å². The summed E-state index contributed by atoms with van der Waals surface area (Å²) in [5.41, 5.74) is 0.537. The summed E-state index contributed by atoms with van der Waals surface area (Å²) in [5, 5.41) is 19.3. The lowest BCUT2D eigenvalue weighted by Crippen LogP contribution is -2.33. The van der Waals surface area contributed by atoms with Crippen molar-refractivity contribution in [1.29, 1.82) is 0 Å². The lowest BCUT2D eigenvalue weighted by molar-refractivity contribution is -0.384. The first kappa shape index (κ1) is 14.3. The molecule has 2 amide bonds. The number of benzene rings is 1. The van der Waals surface area contributed by atoms with Crippen LogP contribution in [0.15, 0.2) is 24.3 Å². The van der Waals surface area contributed by atoms with Crippen LogP contribution in [0, 0.1) is 10.1 Å². The Balaban J connectivity index is 1.71. The molecule has 108 valence electrons. The Kier molecular flexibility index (Phi) is 4.89. The Hall–Kier alpha value is -2.15. The minimum absolute atomic E-state index is 0.00302. The van der Waals surface area contributed by atoms with Crippen LogP contribution in [0.4, 0.5) is 16.2 Å². The van der Waals surface area contributed by atoms with Crippen LogP contribution in [0.2, 0.25) is 0 Å². The Morgan fingerprint density at radius 1 is 1.40 bits per heavy atom. The number of nitro groups is 1. The number of non-ortho nitro benzene ring substituents is 1. The quantitative estimate of drug-likeness (QED) is 0.565. The van der Waals surface area contributed by atoms with Gasteiger partial charge in [0.2, 0.25) is 0 Å². The number of anilines is 1. The van der Waals surface area contributed by atoms with Crippen molar-refractivity contribution in [2.45, 2.75) is 25.3 Å². The third-order valence-corrected chi connectivity index (χ3v) is 3.28. The number of hydrogen-bond acceptors (Lipinski definition) is 4. The molecule has 2 rings (SSSR count). The Bertz CT molecular complexity index is 469. The van der Waals surface area contributed by atoms with Crippen molar-refractivity contribution in [2.24, 2.45) is 0 Å². The fourth-order valence-corrected chi connectivity index (χ4v) is 2.20. The molecule has 1 fully saturated rings. The Labute approximate surface area is 116 Å². The number of carbonyl (C=O) groups is 1. The van der Waals surface area contributed by atoms with Crippen LogP contribution in [-0.4, -0.2) is 30.1 Å². The van der Waals surface area contributed by atoms with E-state index in [1.54, 1.807) is 0 Å². The molecule has 1 aliphatic heterocycles. The second-order valence-electron chi connectivity index (χ2n) is 4.77. The fraction of sp³-hybridized carbons (Fsp3) is 0.462. The molecule has 20 heavy (non-hydrogen) atoms. The van der Waals surface area contributed by atoms with E-state index in [-0.39, 0.29) is 11.7 Å². The summed E-state index contributed by atoms with van der Waals surface area (Å²) < 4.78 is 0. The maximum atomic E-state index is 11.6. The molecule has 7 heteroatoms. The van der Waals surface area contributed by atoms with Gasteiger partial charge in [-0.1, -0.05) is 0 Å². The molecule has 1 heterocycles. The molecule has 0 saturated carbocycles. The average Bonchev–Trinajstić information content (AvgIpc) is 2.92. The first-order valence-corrected chi connectivity index (χ1v) is 6.68.